The highest BCUT2D eigenvalue weighted by Crippen LogP contribution is 2.22. The normalized spacial score (nSPS) is 19.0. The molecule has 1 unspecified atom stereocenters. The highest BCUT2D eigenvalue weighted by molar-refractivity contribution is 5.79. The fourth-order valence-electron chi connectivity index (χ4n) is 2.96. The fraction of sp³-hybridized carbons (Fsp3) is 0.611. The average Bonchev–Trinajstić information content (AvgIpc) is 2.98. The molecule has 0 saturated carbocycles. The standard InChI is InChI=1S/C18H26F4N4/c1-3-23-17(24-9-14-5-4-13(2)16(19)8-14)25-10-15-6-7-26(11-15)12-18(20,21)22/h4-5,8,15H,3,6-7,9-12H2,1-2H3,(H2,23,24,25). The smallest absolute Gasteiger partial charge is 0.357 e. The molecule has 1 aliphatic heterocycles. The Kier molecular flexibility index (Phi) is 7.25. The van der Waals surface area contributed by atoms with Crippen molar-refractivity contribution in [1.29, 1.82) is 0 Å². The molecule has 0 radical (unpaired) electrons. The predicted molar refractivity (Wildman–Crippen MR) is 94.6 cm³/mol. The molecule has 1 aromatic carbocycles. The third-order valence-corrected chi connectivity index (χ3v) is 4.33. The highest BCUT2D eigenvalue weighted by Gasteiger charge is 2.34. The molecule has 2 rings (SSSR count). The van der Waals surface area contributed by atoms with Crippen LogP contribution in [0.5, 0.6) is 0 Å². The van der Waals surface area contributed by atoms with Gasteiger partial charge in [0.05, 0.1) is 13.1 Å². The molecule has 4 nitrogen and oxygen atoms in total. The maximum atomic E-state index is 13.6. The molecule has 2 N–H and O–H groups in total. The van der Waals surface area contributed by atoms with E-state index in [-0.39, 0.29) is 11.7 Å². The minimum atomic E-state index is -4.15. The Labute approximate surface area is 151 Å². The van der Waals surface area contributed by atoms with Gasteiger partial charge in [-0.2, -0.15) is 13.2 Å². The van der Waals surface area contributed by atoms with Crippen molar-refractivity contribution in [2.75, 3.05) is 32.7 Å². The second kappa shape index (κ2) is 9.21. The molecule has 0 aliphatic carbocycles. The van der Waals surface area contributed by atoms with Gasteiger partial charge in [0, 0.05) is 19.6 Å². The zero-order valence-corrected chi connectivity index (χ0v) is 15.2. The van der Waals surface area contributed by atoms with Gasteiger partial charge in [-0.05, 0) is 49.9 Å². The third-order valence-electron chi connectivity index (χ3n) is 4.33. The van der Waals surface area contributed by atoms with Crippen LogP contribution >= 0.6 is 0 Å². The summed E-state index contributed by atoms with van der Waals surface area (Å²) in [5, 5.41) is 6.28. The third kappa shape index (κ3) is 6.82. The topological polar surface area (TPSA) is 39.7 Å². The summed E-state index contributed by atoms with van der Waals surface area (Å²) in [7, 11) is 0. The van der Waals surface area contributed by atoms with Gasteiger partial charge in [-0.3, -0.25) is 4.90 Å². The molecular weight excluding hydrogens is 348 g/mol. The number of rotatable bonds is 6. The van der Waals surface area contributed by atoms with E-state index >= 15 is 0 Å². The van der Waals surface area contributed by atoms with E-state index in [1.165, 1.54) is 11.0 Å². The van der Waals surface area contributed by atoms with Crippen molar-refractivity contribution in [2.45, 2.75) is 33.0 Å². The minimum absolute atomic E-state index is 0.151. The zero-order chi connectivity index (χ0) is 19.2. The first kappa shape index (κ1) is 20.5. The van der Waals surface area contributed by atoms with Gasteiger partial charge < -0.3 is 10.6 Å². The van der Waals surface area contributed by atoms with Gasteiger partial charge in [-0.1, -0.05) is 12.1 Å². The summed E-state index contributed by atoms with van der Waals surface area (Å²) in [5.41, 5.74) is 1.36. The van der Waals surface area contributed by atoms with Crippen LogP contribution in [0.25, 0.3) is 0 Å². The Morgan fingerprint density at radius 1 is 1.31 bits per heavy atom. The summed E-state index contributed by atoms with van der Waals surface area (Å²) in [4.78, 5) is 5.86. The number of hydrogen-bond acceptors (Lipinski definition) is 2. The van der Waals surface area contributed by atoms with Gasteiger partial charge in [0.1, 0.15) is 5.82 Å². The molecule has 1 fully saturated rings. The molecule has 0 aromatic heterocycles. The number of nitrogens with one attached hydrogen (secondary N) is 2. The van der Waals surface area contributed by atoms with Crippen molar-refractivity contribution in [3.63, 3.8) is 0 Å². The van der Waals surface area contributed by atoms with Crippen LogP contribution in [0.2, 0.25) is 0 Å². The average molecular weight is 374 g/mol. The van der Waals surface area contributed by atoms with E-state index in [4.69, 9.17) is 0 Å². The lowest BCUT2D eigenvalue weighted by Crippen LogP contribution is -2.40. The lowest BCUT2D eigenvalue weighted by molar-refractivity contribution is -0.143. The van der Waals surface area contributed by atoms with Gasteiger partial charge >= 0.3 is 6.18 Å². The Morgan fingerprint density at radius 3 is 2.73 bits per heavy atom. The Balaban J connectivity index is 1.85. The summed E-state index contributed by atoms with van der Waals surface area (Å²) in [5.74, 6) is 0.479. The number of hydrogen-bond donors (Lipinski definition) is 2. The van der Waals surface area contributed by atoms with Crippen LogP contribution in [-0.4, -0.2) is 49.8 Å². The van der Waals surface area contributed by atoms with Gasteiger partial charge in [0.15, 0.2) is 5.96 Å². The summed E-state index contributed by atoms with van der Waals surface area (Å²) in [6, 6.07) is 5.01. The first-order chi connectivity index (χ1) is 12.3. The minimum Gasteiger partial charge on any atom is -0.357 e. The van der Waals surface area contributed by atoms with Gasteiger partial charge in [-0.15, -0.1) is 0 Å². The molecule has 26 heavy (non-hydrogen) atoms. The van der Waals surface area contributed by atoms with Crippen molar-refractivity contribution in [3.8, 4) is 0 Å². The maximum Gasteiger partial charge on any atom is 0.401 e. The molecule has 1 atom stereocenters. The van der Waals surface area contributed by atoms with Crippen LogP contribution in [0.1, 0.15) is 24.5 Å². The predicted octanol–water partition coefficient (Wildman–Crippen LogP) is 3.07. The van der Waals surface area contributed by atoms with E-state index in [1.807, 2.05) is 13.0 Å². The molecule has 0 bridgehead atoms. The Morgan fingerprint density at radius 2 is 2.08 bits per heavy atom. The van der Waals surface area contributed by atoms with Crippen molar-refractivity contribution >= 4 is 5.96 Å². The molecular formula is C18H26F4N4. The summed E-state index contributed by atoms with van der Waals surface area (Å²) < 4.78 is 50.9. The largest absolute Gasteiger partial charge is 0.401 e. The fourth-order valence-corrected chi connectivity index (χ4v) is 2.96. The van der Waals surface area contributed by atoms with Crippen LogP contribution in [0.4, 0.5) is 17.6 Å². The zero-order valence-electron chi connectivity index (χ0n) is 15.2. The Hall–Kier alpha value is -1.83. The number of likely N-dealkylation sites (tertiary alicyclic amines) is 1. The molecule has 8 heteroatoms. The van der Waals surface area contributed by atoms with Gasteiger partial charge in [0.25, 0.3) is 0 Å². The van der Waals surface area contributed by atoms with E-state index in [0.29, 0.717) is 44.2 Å². The molecule has 1 aromatic rings. The first-order valence-corrected chi connectivity index (χ1v) is 8.83. The van der Waals surface area contributed by atoms with Crippen molar-refractivity contribution in [2.24, 2.45) is 10.9 Å². The quantitative estimate of drug-likeness (QED) is 0.457. The number of halogens is 4. The molecule has 0 amide bonds. The van der Waals surface area contributed by atoms with Crippen molar-refractivity contribution < 1.29 is 17.6 Å². The SMILES string of the molecule is CCNC(=NCc1ccc(C)c(F)c1)NCC1CCN(CC(F)(F)F)C1. The van der Waals surface area contributed by atoms with Crippen LogP contribution in [0, 0.1) is 18.7 Å². The monoisotopic (exact) mass is 374 g/mol. The van der Waals surface area contributed by atoms with E-state index in [0.717, 1.165) is 12.0 Å². The van der Waals surface area contributed by atoms with E-state index in [2.05, 4.69) is 15.6 Å². The number of alkyl halides is 3. The van der Waals surface area contributed by atoms with Crippen molar-refractivity contribution in [3.05, 3.63) is 35.1 Å². The Bertz CT molecular complexity index is 616. The molecule has 1 saturated heterocycles. The number of nitrogens with zero attached hydrogens (tertiary/aromatic N) is 2. The molecule has 1 aliphatic rings. The lowest BCUT2D eigenvalue weighted by atomic mass is 10.1. The van der Waals surface area contributed by atoms with E-state index in [1.54, 1.807) is 13.0 Å². The van der Waals surface area contributed by atoms with Gasteiger partial charge in [-0.25, -0.2) is 9.38 Å². The highest BCUT2D eigenvalue weighted by atomic mass is 19.4. The second-order valence-corrected chi connectivity index (χ2v) is 6.66. The lowest BCUT2D eigenvalue weighted by Gasteiger charge is -2.18. The number of aryl methyl sites for hydroxylation is 1. The van der Waals surface area contributed by atoms with E-state index < -0.39 is 12.7 Å². The van der Waals surface area contributed by atoms with Crippen LogP contribution < -0.4 is 10.6 Å². The van der Waals surface area contributed by atoms with Crippen molar-refractivity contribution in [1.82, 2.24) is 15.5 Å². The van der Waals surface area contributed by atoms with Gasteiger partial charge in [0.2, 0.25) is 0 Å². The summed E-state index contributed by atoms with van der Waals surface area (Å²) >= 11 is 0. The number of guanidine groups is 1. The first-order valence-electron chi connectivity index (χ1n) is 8.83. The molecule has 1 heterocycles. The van der Waals surface area contributed by atoms with Crippen LogP contribution in [0.15, 0.2) is 23.2 Å². The summed E-state index contributed by atoms with van der Waals surface area (Å²) in [6.07, 6.45) is -3.42. The second-order valence-electron chi connectivity index (χ2n) is 6.66. The number of aliphatic imine (C=N–C) groups is 1. The number of benzene rings is 1. The molecule has 0 spiro atoms. The molecule has 146 valence electrons. The maximum absolute atomic E-state index is 13.6. The van der Waals surface area contributed by atoms with E-state index in [9.17, 15) is 17.6 Å². The van der Waals surface area contributed by atoms with Crippen LogP contribution in [-0.2, 0) is 6.54 Å². The van der Waals surface area contributed by atoms with Crippen LogP contribution in [0.3, 0.4) is 0 Å². The summed E-state index contributed by atoms with van der Waals surface area (Å²) in [6.45, 7) is 5.23.